The van der Waals surface area contributed by atoms with E-state index in [4.69, 9.17) is 24.2 Å². The molecule has 4 heterocycles. The zero-order valence-corrected chi connectivity index (χ0v) is 38.8. The molecule has 2 N–H and O–H groups in total. The number of fused-ring (bicyclic) bond motifs is 1. The van der Waals surface area contributed by atoms with E-state index < -0.39 is 40.5 Å². The number of piperidine rings is 2. The number of nitrogens with one attached hydrogen (secondary N) is 2. The van der Waals surface area contributed by atoms with Gasteiger partial charge in [0.2, 0.25) is 17.8 Å². The fourth-order valence-electron chi connectivity index (χ4n) is 11.2. The molecular formula is C49H60N8O8. The number of hydrogen-bond donors (Lipinski definition) is 2. The topological polar surface area (TPSA) is 196 Å². The third-order valence-electron chi connectivity index (χ3n) is 14.4. The van der Waals surface area contributed by atoms with Crippen molar-refractivity contribution in [3.8, 4) is 23.3 Å². The van der Waals surface area contributed by atoms with Crippen LogP contribution < -0.4 is 29.7 Å². The number of amides is 5. The highest BCUT2D eigenvalue weighted by Crippen LogP contribution is 2.56. The molecule has 2 aliphatic carbocycles. The summed E-state index contributed by atoms with van der Waals surface area (Å²) in [6, 6.07) is 11.7. The fraction of sp³-hybridized carbons (Fsp3) is 0.551. The van der Waals surface area contributed by atoms with Crippen LogP contribution in [0, 0.1) is 41.9 Å². The van der Waals surface area contributed by atoms with Crippen LogP contribution in [0.15, 0.2) is 36.4 Å². The van der Waals surface area contributed by atoms with Crippen molar-refractivity contribution in [2.24, 2.45) is 16.7 Å². The molecule has 2 saturated carbocycles. The normalized spacial score (nSPS) is 24.8. The monoisotopic (exact) mass is 888 g/mol. The molecule has 344 valence electrons. The Labute approximate surface area is 380 Å². The van der Waals surface area contributed by atoms with Crippen LogP contribution in [-0.4, -0.2) is 112 Å². The highest BCUT2D eigenvalue weighted by molar-refractivity contribution is 6.23. The Balaban J connectivity index is 0.824. The van der Waals surface area contributed by atoms with Crippen molar-refractivity contribution in [3.63, 3.8) is 0 Å². The van der Waals surface area contributed by atoms with Gasteiger partial charge in [-0.25, -0.2) is 9.97 Å². The first-order chi connectivity index (χ1) is 30.8. The lowest BCUT2D eigenvalue weighted by molar-refractivity contribution is -0.164. The number of benzene rings is 2. The van der Waals surface area contributed by atoms with Gasteiger partial charge in [0, 0.05) is 73.9 Å². The predicted molar refractivity (Wildman–Crippen MR) is 240 cm³/mol. The first-order valence-corrected chi connectivity index (χ1v) is 22.8. The Morgan fingerprint density at radius 2 is 1.55 bits per heavy atom. The second-order valence-corrected chi connectivity index (χ2v) is 19.8. The second-order valence-electron chi connectivity index (χ2n) is 19.8. The largest absolute Gasteiger partial charge is 0.495 e. The van der Waals surface area contributed by atoms with Gasteiger partial charge in [0.25, 0.3) is 17.7 Å². The van der Waals surface area contributed by atoms with Crippen LogP contribution >= 0.6 is 0 Å². The third-order valence-corrected chi connectivity index (χ3v) is 14.4. The number of rotatable bonds is 13. The van der Waals surface area contributed by atoms with E-state index in [0.29, 0.717) is 63.7 Å². The van der Waals surface area contributed by atoms with E-state index in [1.54, 1.807) is 36.4 Å². The van der Waals surface area contributed by atoms with E-state index in [1.165, 1.54) is 7.11 Å². The number of nitrogens with zero attached hydrogens (tertiary/aromatic N) is 6. The van der Waals surface area contributed by atoms with Gasteiger partial charge < -0.3 is 24.4 Å². The number of aromatic nitrogens is 2. The molecule has 0 bridgehead atoms. The van der Waals surface area contributed by atoms with Gasteiger partial charge in [-0.3, -0.25) is 39.1 Å². The van der Waals surface area contributed by atoms with Crippen molar-refractivity contribution in [1.82, 2.24) is 30.4 Å². The van der Waals surface area contributed by atoms with Crippen LogP contribution in [0.2, 0.25) is 0 Å². The molecule has 0 spiro atoms. The first kappa shape index (κ1) is 45.5. The Morgan fingerprint density at radius 3 is 2.17 bits per heavy atom. The summed E-state index contributed by atoms with van der Waals surface area (Å²) in [4.78, 5) is 80.0. The Bertz CT molecular complexity index is 2430. The number of hydrogen-bond acceptors (Lipinski definition) is 13. The second kappa shape index (κ2) is 17.4. The maximum Gasteiger partial charge on any atom is 0.262 e. The van der Waals surface area contributed by atoms with Crippen LogP contribution in [0.3, 0.4) is 0 Å². The van der Waals surface area contributed by atoms with Crippen LogP contribution in [-0.2, 0) is 9.59 Å². The minimum Gasteiger partial charge on any atom is -0.495 e. The highest BCUT2D eigenvalue weighted by Gasteiger charge is 2.64. The number of nitriles is 1. The molecule has 16 nitrogen and oxygen atoms in total. The third kappa shape index (κ3) is 8.39. The van der Waals surface area contributed by atoms with Crippen molar-refractivity contribution in [2.75, 3.05) is 31.6 Å². The average Bonchev–Trinajstić information content (AvgIpc) is 3.49. The summed E-state index contributed by atoms with van der Waals surface area (Å²) >= 11 is 0. The van der Waals surface area contributed by atoms with Crippen molar-refractivity contribution in [1.29, 1.82) is 5.26 Å². The SMILES string of the molecule is COc1cc(OC2C(C)(C)C(NC(=O)c3c(C)nc(N4CCC(CN(C(C)C)C5CC(Oc6ccc7c(c6)C(=O)N([C@@H]6CCC(=O)NC6=O)C7=O)C5)CC4)nc3C)C2(C)C)ccc1C#N. The molecule has 0 unspecified atom stereocenters. The number of methoxy groups -OCH3 is 1. The van der Waals surface area contributed by atoms with Gasteiger partial charge in [0.05, 0.1) is 40.8 Å². The van der Waals surface area contributed by atoms with Crippen molar-refractivity contribution >= 4 is 35.5 Å². The average molecular weight is 889 g/mol. The van der Waals surface area contributed by atoms with E-state index in [2.05, 4.69) is 68.0 Å². The van der Waals surface area contributed by atoms with Gasteiger partial charge in [0.1, 0.15) is 41.6 Å². The lowest BCUT2D eigenvalue weighted by Crippen LogP contribution is -2.74. The number of anilines is 1. The smallest absolute Gasteiger partial charge is 0.262 e. The minimum atomic E-state index is -1.01. The van der Waals surface area contributed by atoms with Crippen LogP contribution in [0.5, 0.6) is 17.2 Å². The van der Waals surface area contributed by atoms with Gasteiger partial charge in [-0.15, -0.1) is 0 Å². The molecule has 1 atom stereocenters. The molecule has 16 heteroatoms. The Kier molecular flexibility index (Phi) is 12.2. The molecule has 0 radical (unpaired) electrons. The number of imide groups is 2. The molecule has 1 aromatic heterocycles. The number of carbonyl (C=O) groups is 5. The van der Waals surface area contributed by atoms with Gasteiger partial charge in [-0.1, -0.05) is 27.7 Å². The zero-order valence-electron chi connectivity index (χ0n) is 38.8. The van der Waals surface area contributed by atoms with Crippen LogP contribution in [0.25, 0.3) is 0 Å². The lowest BCUT2D eigenvalue weighted by atomic mass is 9.49. The first-order valence-electron chi connectivity index (χ1n) is 22.8. The summed E-state index contributed by atoms with van der Waals surface area (Å²) < 4.78 is 18.2. The van der Waals surface area contributed by atoms with E-state index in [0.717, 1.165) is 50.2 Å². The molecule has 65 heavy (non-hydrogen) atoms. The van der Waals surface area contributed by atoms with Crippen LogP contribution in [0.4, 0.5) is 5.95 Å². The quantitative estimate of drug-likeness (QED) is 0.204. The Hall–Kier alpha value is -6.08. The summed E-state index contributed by atoms with van der Waals surface area (Å²) in [5.74, 6) is 0.377. The highest BCUT2D eigenvalue weighted by atomic mass is 16.5. The van der Waals surface area contributed by atoms with Crippen molar-refractivity contribution in [2.45, 2.75) is 130 Å². The summed E-state index contributed by atoms with van der Waals surface area (Å²) in [7, 11) is 1.53. The van der Waals surface area contributed by atoms with Crippen LogP contribution in [0.1, 0.15) is 128 Å². The standard InChI is InChI=1S/C49H60N8O8/c1-26(2)56(31-20-34(21-31)64-32-12-13-35-36(22-32)44(62)57(43(35)61)37-14-15-39(58)53-41(37)59)25-29-16-18-55(19-17-29)47-51-27(3)40(28(4)52-47)42(60)54-45-48(5,6)46(49(45,7)8)65-33-11-10-30(24-50)38(23-33)63-9/h10-13,22-23,26,29,31,34,37,45-46H,14-21,25H2,1-9H3,(H,54,60)(H,53,58,59)/t31?,34?,37-,45?,46?/m1/s1. The van der Waals surface area contributed by atoms with Gasteiger partial charge in [-0.2, -0.15) is 5.26 Å². The molecule has 3 aliphatic heterocycles. The molecule has 4 fully saturated rings. The molecule has 3 aromatic rings. The predicted octanol–water partition coefficient (Wildman–Crippen LogP) is 5.52. The van der Waals surface area contributed by atoms with Gasteiger partial charge in [0.15, 0.2) is 0 Å². The minimum absolute atomic E-state index is 0.0314. The van der Waals surface area contributed by atoms with Crippen molar-refractivity contribution in [3.05, 3.63) is 70.0 Å². The molecule has 5 aliphatic rings. The Morgan fingerprint density at radius 1 is 0.923 bits per heavy atom. The molecule has 2 saturated heterocycles. The summed E-state index contributed by atoms with van der Waals surface area (Å²) in [6.07, 6.45) is 3.58. The zero-order chi connectivity index (χ0) is 46.7. The van der Waals surface area contributed by atoms with E-state index in [-0.39, 0.29) is 48.1 Å². The summed E-state index contributed by atoms with van der Waals surface area (Å²) in [6.45, 7) is 19.2. The number of ether oxygens (including phenoxy) is 3. The lowest BCUT2D eigenvalue weighted by Gasteiger charge is -2.63. The molecule has 8 rings (SSSR count). The van der Waals surface area contributed by atoms with Gasteiger partial charge >= 0.3 is 0 Å². The molecule has 2 aromatic carbocycles. The maximum atomic E-state index is 14.0. The summed E-state index contributed by atoms with van der Waals surface area (Å²) in [5, 5.41) is 14.9. The number of carbonyl (C=O) groups excluding carboxylic acids is 5. The van der Waals surface area contributed by atoms with Gasteiger partial charge in [-0.05, 0) is 83.2 Å². The van der Waals surface area contributed by atoms with Crippen molar-refractivity contribution < 1.29 is 38.2 Å². The number of aryl methyl sites for hydroxylation is 2. The molecular weight excluding hydrogens is 829 g/mol. The molecule has 5 amide bonds. The van der Waals surface area contributed by atoms with E-state index >= 15 is 0 Å². The van der Waals surface area contributed by atoms with E-state index in [9.17, 15) is 29.2 Å². The van der Waals surface area contributed by atoms with E-state index in [1.807, 2.05) is 13.8 Å². The summed E-state index contributed by atoms with van der Waals surface area (Å²) in [5.41, 5.74) is 1.83. The maximum absolute atomic E-state index is 14.0. The fourth-order valence-corrected chi connectivity index (χ4v) is 11.2.